The Morgan fingerprint density at radius 3 is 2.48 bits per heavy atom. The first kappa shape index (κ1) is 17.0. The summed E-state index contributed by atoms with van der Waals surface area (Å²) < 4.78 is 3.49. The van der Waals surface area contributed by atoms with E-state index >= 15 is 0 Å². The van der Waals surface area contributed by atoms with E-state index in [1.54, 1.807) is 19.3 Å². The van der Waals surface area contributed by atoms with Gasteiger partial charge in [0.15, 0.2) is 0 Å². The van der Waals surface area contributed by atoms with Crippen LogP contribution in [-0.2, 0) is 19.5 Å². The number of pyridine rings is 1. The van der Waals surface area contributed by atoms with Gasteiger partial charge in [0.1, 0.15) is 5.82 Å². The third-order valence-corrected chi connectivity index (χ3v) is 4.18. The first-order valence-corrected chi connectivity index (χ1v) is 8.12. The van der Waals surface area contributed by atoms with Crippen molar-refractivity contribution in [2.24, 2.45) is 14.1 Å². The Morgan fingerprint density at radius 2 is 1.84 bits per heavy atom. The summed E-state index contributed by atoms with van der Waals surface area (Å²) in [5.74, 6) is 0.668. The molecule has 2 heterocycles. The van der Waals surface area contributed by atoms with Crippen molar-refractivity contribution in [1.82, 2.24) is 14.1 Å². The lowest BCUT2D eigenvalue weighted by molar-refractivity contribution is 0.102. The fourth-order valence-corrected chi connectivity index (χ4v) is 2.84. The number of carbonyl (C=O) groups is 1. The van der Waals surface area contributed by atoms with Crippen LogP contribution in [0.5, 0.6) is 0 Å². The number of rotatable bonds is 2. The number of imidazole rings is 1. The Bertz CT molecular complexity index is 1020. The Kier molecular flexibility index (Phi) is 3.99. The summed E-state index contributed by atoms with van der Waals surface area (Å²) in [6.45, 7) is 6.35. The van der Waals surface area contributed by atoms with Crippen LogP contribution in [0.4, 0.5) is 5.69 Å². The third kappa shape index (κ3) is 3.20. The monoisotopic (exact) mass is 338 g/mol. The van der Waals surface area contributed by atoms with Crippen molar-refractivity contribution in [3.05, 3.63) is 58.3 Å². The van der Waals surface area contributed by atoms with Crippen LogP contribution in [0.15, 0.2) is 41.3 Å². The summed E-state index contributed by atoms with van der Waals surface area (Å²) in [6.07, 6.45) is 1.58. The molecule has 1 N–H and O–H groups in total. The molecule has 3 rings (SSSR count). The average molecular weight is 338 g/mol. The minimum atomic E-state index is -0.316. The van der Waals surface area contributed by atoms with Crippen LogP contribution >= 0.6 is 0 Å². The number of benzene rings is 1. The molecular weight excluding hydrogens is 316 g/mol. The number of carbonyl (C=O) groups excluding carboxylic acids is 1. The maximum atomic E-state index is 12.4. The summed E-state index contributed by atoms with van der Waals surface area (Å²) in [5.41, 5.74) is 2.53. The number of fused-ring (bicyclic) bond motifs is 1. The summed E-state index contributed by atoms with van der Waals surface area (Å²) in [4.78, 5) is 28.7. The average Bonchev–Trinajstić information content (AvgIpc) is 2.86. The van der Waals surface area contributed by atoms with E-state index in [1.807, 2.05) is 25.2 Å². The van der Waals surface area contributed by atoms with Gasteiger partial charge in [0, 0.05) is 43.0 Å². The van der Waals surface area contributed by atoms with E-state index in [4.69, 9.17) is 4.98 Å². The quantitative estimate of drug-likeness (QED) is 0.781. The molecule has 1 aromatic carbocycles. The molecule has 2 aromatic heterocycles. The van der Waals surface area contributed by atoms with Crippen molar-refractivity contribution in [1.29, 1.82) is 0 Å². The Morgan fingerprint density at radius 1 is 1.12 bits per heavy atom. The molecule has 0 unspecified atom stereocenters. The zero-order chi connectivity index (χ0) is 18.4. The highest BCUT2D eigenvalue weighted by Gasteiger charge is 2.21. The molecule has 0 spiro atoms. The number of anilines is 1. The number of nitrogens with zero attached hydrogens (tertiary/aromatic N) is 3. The number of nitrogens with one attached hydrogen (secondary N) is 1. The lowest BCUT2D eigenvalue weighted by atomic mass is 9.96. The first-order valence-electron chi connectivity index (χ1n) is 8.12. The molecule has 0 radical (unpaired) electrons. The van der Waals surface area contributed by atoms with Gasteiger partial charge in [-0.25, -0.2) is 4.98 Å². The lowest BCUT2D eigenvalue weighted by Crippen LogP contribution is -2.19. The molecule has 6 nitrogen and oxygen atoms in total. The Balaban J connectivity index is 1.93. The van der Waals surface area contributed by atoms with Gasteiger partial charge in [-0.1, -0.05) is 20.8 Å². The molecule has 0 aliphatic heterocycles. The fourth-order valence-electron chi connectivity index (χ4n) is 2.84. The van der Waals surface area contributed by atoms with Gasteiger partial charge in [-0.05, 0) is 24.3 Å². The van der Waals surface area contributed by atoms with Crippen molar-refractivity contribution in [3.63, 3.8) is 0 Å². The van der Waals surface area contributed by atoms with Gasteiger partial charge in [0.05, 0.1) is 11.0 Å². The van der Waals surface area contributed by atoms with Gasteiger partial charge in [-0.15, -0.1) is 0 Å². The van der Waals surface area contributed by atoms with Crippen LogP contribution in [0.1, 0.15) is 37.0 Å². The van der Waals surface area contributed by atoms with Crippen molar-refractivity contribution in [2.45, 2.75) is 26.2 Å². The van der Waals surface area contributed by atoms with Crippen molar-refractivity contribution in [3.8, 4) is 0 Å². The number of amides is 1. The van der Waals surface area contributed by atoms with Gasteiger partial charge in [-0.2, -0.15) is 0 Å². The lowest BCUT2D eigenvalue weighted by Gasteiger charge is -2.17. The number of hydrogen-bond acceptors (Lipinski definition) is 3. The van der Waals surface area contributed by atoms with E-state index in [1.165, 1.54) is 10.6 Å². The standard InChI is InChI=1S/C19H22N4O2/c1-19(2,3)18-21-14-11-13(6-7-15(14)23(18)5)20-17(25)12-8-9-22(4)16(24)10-12/h6-11H,1-5H3,(H,20,25). The summed E-state index contributed by atoms with van der Waals surface area (Å²) in [7, 11) is 3.64. The molecule has 0 aliphatic carbocycles. The van der Waals surface area contributed by atoms with E-state index < -0.39 is 0 Å². The highest BCUT2D eigenvalue weighted by molar-refractivity contribution is 6.04. The Labute approximate surface area is 146 Å². The van der Waals surface area contributed by atoms with E-state index in [9.17, 15) is 9.59 Å². The van der Waals surface area contributed by atoms with Gasteiger partial charge < -0.3 is 14.5 Å². The van der Waals surface area contributed by atoms with Gasteiger partial charge in [0.25, 0.3) is 11.5 Å². The summed E-state index contributed by atoms with van der Waals surface area (Å²) in [5, 5.41) is 2.83. The second-order valence-corrected chi connectivity index (χ2v) is 7.27. The maximum absolute atomic E-state index is 12.4. The normalized spacial score (nSPS) is 11.7. The zero-order valence-electron chi connectivity index (χ0n) is 15.1. The predicted octanol–water partition coefficient (Wildman–Crippen LogP) is 2.82. The zero-order valence-corrected chi connectivity index (χ0v) is 15.1. The molecule has 130 valence electrons. The molecule has 0 saturated heterocycles. The first-order chi connectivity index (χ1) is 11.7. The van der Waals surface area contributed by atoms with E-state index in [2.05, 4.69) is 30.7 Å². The van der Waals surface area contributed by atoms with Crippen LogP contribution in [0, 0.1) is 0 Å². The van der Waals surface area contributed by atoms with Crippen LogP contribution in [0.25, 0.3) is 11.0 Å². The van der Waals surface area contributed by atoms with Crippen LogP contribution in [0.3, 0.4) is 0 Å². The van der Waals surface area contributed by atoms with E-state index in [0.29, 0.717) is 11.3 Å². The highest BCUT2D eigenvalue weighted by atomic mass is 16.2. The largest absolute Gasteiger partial charge is 0.331 e. The SMILES string of the molecule is Cn1ccc(C(=O)Nc2ccc3c(c2)nc(C(C)(C)C)n3C)cc1=O. The molecule has 0 bridgehead atoms. The molecule has 0 fully saturated rings. The smallest absolute Gasteiger partial charge is 0.255 e. The van der Waals surface area contributed by atoms with Crippen molar-refractivity contribution < 1.29 is 4.79 Å². The van der Waals surface area contributed by atoms with E-state index in [-0.39, 0.29) is 16.9 Å². The van der Waals surface area contributed by atoms with E-state index in [0.717, 1.165) is 16.9 Å². The summed E-state index contributed by atoms with van der Waals surface area (Å²) >= 11 is 0. The molecular formula is C19H22N4O2. The van der Waals surface area contributed by atoms with Crippen molar-refractivity contribution >= 4 is 22.6 Å². The van der Waals surface area contributed by atoms with Gasteiger partial charge in [0.2, 0.25) is 0 Å². The molecule has 0 aliphatic rings. The van der Waals surface area contributed by atoms with Crippen LogP contribution in [-0.4, -0.2) is 20.0 Å². The molecule has 6 heteroatoms. The van der Waals surface area contributed by atoms with Crippen molar-refractivity contribution in [2.75, 3.05) is 5.32 Å². The fraction of sp³-hybridized carbons (Fsp3) is 0.316. The second kappa shape index (κ2) is 5.88. The highest BCUT2D eigenvalue weighted by Crippen LogP contribution is 2.27. The van der Waals surface area contributed by atoms with Crippen LogP contribution < -0.4 is 10.9 Å². The molecule has 3 aromatic rings. The summed E-state index contributed by atoms with van der Waals surface area (Å²) in [6, 6.07) is 8.58. The molecule has 25 heavy (non-hydrogen) atoms. The molecule has 1 amide bonds. The number of aryl methyl sites for hydroxylation is 2. The second-order valence-electron chi connectivity index (χ2n) is 7.27. The molecule has 0 saturated carbocycles. The minimum Gasteiger partial charge on any atom is -0.331 e. The predicted molar refractivity (Wildman–Crippen MR) is 99.1 cm³/mol. The maximum Gasteiger partial charge on any atom is 0.255 e. The van der Waals surface area contributed by atoms with Gasteiger partial charge in [-0.3, -0.25) is 9.59 Å². The number of hydrogen-bond donors (Lipinski definition) is 1. The van der Waals surface area contributed by atoms with Crippen LogP contribution in [0.2, 0.25) is 0 Å². The number of aromatic nitrogens is 3. The minimum absolute atomic E-state index is 0.0682. The molecule has 0 atom stereocenters. The Hall–Kier alpha value is -2.89. The topological polar surface area (TPSA) is 68.9 Å². The third-order valence-electron chi connectivity index (χ3n) is 4.18. The van der Waals surface area contributed by atoms with Gasteiger partial charge >= 0.3 is 0 Å².